The quantitative estimate of drug-likeness (QED) is 0.508. The van der Waals surface area contributed by atoms with Gasteiger partial charge in [0.1, 0.15) is 24.3 Å². The van der Waals surface area contributed by atoms with Crippen molar-refractivity contribution in [2.75, 3.05) is 6.61 Å². The molecule has 0 aliphatic carbocycles. The number of aryl methyl sites for hydroxylation is 2. The molecule has 0 radical (unpaired) electrons. The van der Waals surface area contributed by atoms with Gasteiger partial charge in [0.05, 0.1) is 17.6 Å². The number of halogens is 1. The zero-order chi connectivity index (χ0) is 22.0. The van der Waals surface area contributed by atoms with Gasteiger partial charge in [-0.3, -0.25) is 4.79 Å². The van der Waals surface area contributed by atoms with E-state index in [1.807, 2.05) is 44.2 Å². The minimum absolute atomic E-state index is 0.0250. The molecule has 0 amide bonds. The van der Waals surface area contributed by atoms with Crippen LogP contribution >= 0.6 is 0 Å². The van der Waals surface area contributed by atoms with Crippen molar-refractivity contribution in [2.24, 2.45) is 0 Å². The van der Waals surface area contributed by atoms with Crippen LogP contribution in [0.2, 0.25) is 0 Å². The van der Waals surface area contributed by atoms with E-state index >= 15 is 0 Å². The second-order valence-corrected chi connectivity index (χ2v) is 7.57. The molecule has 6 heteroatoms. The lowest BCUT2D eigenvalue weighted by Gasteiger charge is -2.17. The minimum Gasteiger partial charge on any atom is -0.490 e. The first-order chi connectivity index (χ1) is 14.9. The van der Waals surface area contributed by atoms with Crippen LogP contribution in [-0.4, -0.2) is 27.6 Å². The Morgan fingerprint density at radius 2 is 1.61 bits per heavy atom. The van der Waals surface area contributed by atoms with E-state index in [1.165, 1.54) is 16.8 Å². The summed E-state index contributed by atoms with van der Waals surface area (Å²) in [6, 6.07) is 18.9. The van der Waals surface area contributed by atoms with Crippen LogP contribution in [0.15, 0.2) is 71.5 Å². The van der Waals surface area contributed by atoms with Crippen molar-refractivity contribution in [3.05, 3.63) is 94.0 Å². The van der Waals surface area contributed by atoms with Crippen molar-refractivity contribution in [1.29, 1.82) is 0 Å². The smallest absolute Gasteiger partial charge is 0.274 e. The van der Waals surface area contributed by atoms with Crippen molar-refractivity contribution in [1.82, 2.24) is 9.78 Å². The van der Waals surface area contributed by atoms with Crippen LogP contribution in [0.4, 0.5) is 4.39 Å². The zero-order valence-electron chi connectivity index (χ0n) is 17.4. The van der Waals surface area contributed by atoms with Gasteiger partial charge in [0.25, 0.3) is 5.56 Å². The molecule has 31 heavy (non-hydrogen) atoms. The topological polar surface area (TPSA) is 64.3 Å². The fourth-order valence-corrected chi connectivity index (χ4v) is 3.64. The van der Waals surface area contributed by atoms with Crippen LogP contribution < -0.4 is 10.3 Å². The number of fused-ring (bicyclic) bond motifs is 1. The number of hydrogen-bond donors (Lipinski definition) is 1. The summed E-state index contributed by atoms with van der Waals surface area (Å²) in [5.41, 5.74) is 2.90. The second-order valence-electron chi connectivity index (χ2n) is 7.57. The zero-order valence-corrected chi connectivity index (χ0v) is 17.4. The van der Waals surface area contributed by atoms with Gasteiger partial charge in [-0.05, 0) is 55.3 Å². The number of benzene rings is 3. The number of aliphatic hydroxyl groups is 1. The second kappa shape index (κ2) is 8.70. The van der Waals surface area contributed by atoms with Crippen molar-refractivity contribution in [3.8, 4) is 17.0 Å². The molecule has 158 valence electrons. The molecule has 5 nitrogen and oxygen atoms in total. The Balaban J connectivity index is 1.65. The first kappa shape index (κ1) is 20.8. The van der Waals surface area contributed by atoms with Crippen LogP contribution in [0.1, 0.15) is 11.1 Å². The highest BCUT2D eigenvalue weighted by Gasteiger charge is 2.16. The molecule has 0 fully saturated rings. The highest BCUT2D eigenvalue weighted by Crippen LogP contribution is 2.25. The summed E-state index contributed by atoms with van der Waals surface area (Å²) < 4.78 is 20.5. The van der Waals surface area contributed by atoms with Crippen LogP contribution in [-0.2, 0) is 6.54 Å². The van der Waals surface area contributed by atoms with E-state index < -0.39 is 6.10 Å². The molecular formula is C25H23FN2O3. The molecule has 3 aromatic carbocycles. The van der Waals surface area contributed by atoms with E-state index in [4.69, 9.17) is 4.74 Å². The molecule has 1 atom stereocenters. The van der Waals surface area contributed by atoms with Gasteiger partial charge in [-0.25, -0.2) is 9.07 Å². The third kappa shape index (κ3) is 4.34. The highest BCUT2D eigenvalue weighted by molar-refractivity contribution is 5.93. The van der Waals surface area contributed by atoms with Crippen LogP contribution in [0.25, 0.3) is 22.0 Å². The number of para-hydroxylation sites is 1. The summed E-state index contributed by atoms with van der Waals surface area (Å²) in [6.07, 6.45) is -0.938. The van der Waals surface area contributed by atoms with Crippen molar-refractivity contribution < 1.29 is 14.2 Å². The lowest BCUT2D eigenvalue weighted by Crippen LogP contribution is -2.32. The summed E-state index contributed by atoms with van der Waals surface area (Å²) >= 11 is 0. The molecule has 1 N–H and O–H groups in total. The summed E-state index contributed by atoms with van der Waals surface area (Å²) in [5.74, 6) is 0.382. The molecule has 0 saturated heterocycles. The van der Waals surface area contributed by atoms with Gasteiger partial charge in [0.2, 0.25) is 0 Å². The third-order valence-electron chi connectivity index (χ3n) is 5.20. The number of ether oxygens (including phenoxy) is 1. The van der Waals surface area contributed by atoms with Gasteiger partial charge in [-0.1, -0.05) is 36.4 Å². The molecule has 0 spiro atoms. The number of nitrogens with zero attached hydrogens (tertiary/aromatic N) is 2. The first-order valence-corrected chi connectivity index (χ1v) is 10.1. The number of rotatable bonds is 6. The van der Waals surface area contributed by atoms with Gasteiger partial charge >= 0.3 is 0 Å². The summed E-state index contributed by atoms with van der Waals surface area (Å²) in [7, 11) is 0. The van der Waals surface area contributed by atoms with E-state index in [0.717, 1.165) is 16.9 Å². The highest BCUT2D eigenvalue weighted by atomic mass is 19.1. The maximum absolute atomic E-state index is 13.4. The van der Waals surface area contributed by atoms with Crippen molar-refractivity contribution >= 4 is 10.8 Å². The molecular weight excluding hydrogens is 395 g/mol. The first-order valence-electron chi connectivity index (χ1n) is 10.1. The third-order valence-corrected chi connectivity index (χ3v) is 5.20. The molecule has 0 aliphatic rings. The molecule has 1 aromatic heterocycles. The van der Waals surface area contributed by atoms with Crippen molar-refractivity contribution in [3.63, 3.8) is 0 Å². The molecule has 1 heterocycles. The normalized spacial score (nSPS) is 12.1. The van der Waals surface area contributed by atoms with Crippen molar-refractivity contribution in [2.45, 2.75) is 26.5 Å². The summed E-state index contributed by atoms with van der Waals surface area (Å²) in [4.78, 5) is 13.0. The lowest BCUT2D eigenvalue weighted by molar-refractivity contribution is 0.0876. The van der Waals surface area contributed by atoms with Gasteiger partial charge < -0.3 is 9.84 Å². The average Bonchev–Trinajstić information content (AvgIpc) is 2.76. The number of hydrogen-bond acceptors (Lipinski definition) is 4. The Morgan fingerprint density at radius 1 is 0.968 bits per heavy atom. The van der Waals surface area contributed by atoms with Gasteiger partial charge in [0, 0.05) is 10.9 Å². The fraction of sp³-hybridized carbons (Fsp3) is 0.200. The Hall–Kier alpha value is -3.51. The summed E-state index contributed by atoms with van der Waals surface area (Å²) in [6.45, 7) is 3.89. The molecule has 4 aromatic rings. The lowest BCUT2D eigenvalue weighted by atomic mass is 10.1. The van der Waals surface area contributed by atoms with E-state index in [-0.39, 0.29) is 24.5 Å². The van der Waals surface area contributed by atoms with E-state index in [9.17, 15) is 14.3 Å². The Morgan fingerprint density at radius 3 is 2.29 bits per heavy atom. The van der Waals surface area contributed by atoms with Gasteiger partial charge in [-0.15, -0.1) is 0 Å². The van der Waals surface area contributed by atoms with Crippen LogP contribution in [0.3, 0.4) is 0 Å². The van der Waals surface area contributed by atoms with Crippen LogP contribution in [0.5, 0.6) is 5.75 Å². The van der Waals surface area contributed by atoms with E-state index in [1.54, 1.807) is 24.3 Å². The number of aliphatic hydroxyl groups excluding tert-OH is 1. The largest absolute Gasteiger partial charge is 0.490 e. The Bertz CT molecular complexity index is 1260. The maximum Gasteiger partial charge on any atom is 0.274 e. The molecule has 0 bridgehead atoms. The summed E-state index contributed by atoms with van der Waals surface area (Å²) in [5, 5.41) is 16.2. The van der Waals surface area contributed by atoms with Gasteiger partial charge in [-0.2, -0.15) is 5.10 Å². The molecule has 4 rings (SSSR count). The van der Waals surface area contributed by atoms with Gasteiger partial charge in [0.15, 0.2) is 0 Å². The van der Waals surface area contributed by atoms with Crippen LogP contribution in [0, 0.1) is 19.7 Å². The average molecular weight is 418 g/mol. The maximum atomic E-state index is 13.4. The Kier molecular flexibility index (Phi) is 5.82. The SMILES string of the molecule is Cc1cccc(C)c1OCC(O)Cn1nc(-c2ccc(F)cc2)c2ccccc2c1=O. The van der Waals surface area contributed by atoms with E-state index in [2.05, 4.69) is 5.10 Å². The molecule has 0 saturated carbocycles. The molecule has 0 aliphatic heterocycles. The Labute approximate surface area is 179 Å². The van der Waals surface area contributed by atoms with E-state index in [0.29, 0.717) is 22.0 Å². The monoisotopic (exact) mass is 418 g/mol. The predicted molar refractivity (Wildman–Crippen MR) is 119 cm³/mol. The molecule has 1 unspecified atom stereocenters. The predicted octanol–water partition coefficient (Wildman–Crippen LogP) is 4.26. The fourth-order valence-electron chi connectivity index (χ4n) is 3.64. The standard InChI is InChI=1S/C25H23FN2O3/c1-16-6-5-7-17(2)24(16)31-15-20(29)14-28-25(30)22-9-4-3-8-21(22)23(27-28)18-10-12-19(26)13-11-18/h3-13,20,29H,14-15H2,1-2H3. The minimum atomic E-state index is -0.938. The number of aromatic nitrogens is 2.